The molecule has 2 atom stereocenters. The van der Waals surface area contributed by atoms with Gasteiger partial charge in [-0.2, -0.15) is 4.91 Å². The van der Waals surface area contributed by atoms with Crippen LogP contribution in [0.2, 0.25) is 0 Å². The number of allylic oxidation sites excluding steroid dienone is 1. The third kappa shape index (κ3) is 1.52. The molecule has 0 saturated heterocycles. The van der Waals surface area contributed by atoms with Gasteiger partial charge in [0.2, 0.25) is 0 Å². The van der Waals surface area contributed by atoms with Crippen LogP contribution in [0.3, 0.4) is 0 Å². The molecule has 0 radical (unpaired) electrons. The van der Waals surface area contributed by atoms with Gasteiger partial charge >= 0.3 is 0 Å². The number of aliphatic hydroxyl groups excluding tert-OH is 2. The van der Waals surface area contributed by atoms with E-state index >= 15 is 0 Å². The van der Waals surface area contributed by atoms with E-state index < -0.39 is 17.9 Å². The molecule has 80 valence electrons. The summed E-state index contributed by atoms with van der Waals surface area (Å²) in [4.78, 5) is 21.8. The smallest absolute Gasteiger partial charge is 0.172 e. The first-order valence-electron chi connectivity index (χ1n) is 4.45. The number of carbonyl (C=O) groups excluding carboxylic acids is 1. The molecule has 2 aliphatic rings. The minimum absolute atomic E-state index is 0.0337. The molecular weight excluding hydrogens is 202 g/mol. The Morgan fingerprint density at radius 1 is 1.53 bits per heavy atom. The second-order valence-corrected chi connectivity index (χ2v) is 3.42. The fourth-order valence-electron chi connectivity index (χ4n) is 1.62. The Morgan fingerprint density at radius 3 is 2.93 bits per heavy atom. The lowest BCUT2D eigenvalue weighted by Crippen LogP contribution is -2.32. The maximum absolute atomic E-state index is 11.5. The zero-order valence-electron chi connectivity index (χ0n) is 7.71. The minimum Gasteiger partial charge on any atom is -0.508 e. The maximum Gasteiger partial charge on any atom is 0.172 e. The number of Topliss-reactive ketones (excluding diaryl/α,β-unsaturated/α-hetero) is 1. The number of ether oxygens (including phenoxy) is 1. The Morgan fingerprint density at radius 2 is 2.27 bits per heavy atom. The summed E-state index contributed by atoms with van der Waals surface area (Å²) in [6, 6.07) is -0.751. The van der Waals surface area contributed by atoms with Crippen molar-refractivity contribution in [1.29, 1.82) is 0 Å². The zero-order chi connectivity index (χ0) is 11.0. The van der Waals surface area contributed by atoms with Crippen LogP contribution in [-0.2, 0) is 9.53 Å². The molecule has 6 heteroatoms. The van der Waals surface area contributed by atoms with Crippen LogP contribution < -0.4 is 0 Å². The third-order valence-corrected chi connectivity index (χ3v) is 2.37. The summed E-state index contributed by atoms with van der Waals surface area (Å²) < 4.78 is 5.04. The van der Waals surface area contributed by atoms with Gasteiger partial charge in [-0.1, -0.05) is 5.18 Å². The van der Waals surface area contributed by atoms with Crippen molar-refractivity contribution in [3.05, 3.63) is 28.1 Å². The molecule has 0 aromatic carbocycles. The van der Waals surface area contributed by atoms with E-state index in [0.29, 0.717) is 0 Å². The number of hydrogen-bond donors (Lipinski definition) is 2. The highest BCUT2D eigenvalue weighted by Gasteiger charge is 2.35. The first-order valence-corrected chi connectivity index (χ1v) is 4.45. The molecule has 0 aromatic rings. The zero-order valence-corrected chi connectivity index (χ0v) is 7.71. The van der Waals surface area contributed by atoms with Crippen LogP contribution >= 0.6 is 0 Å². The van der Waals surface area contributed by atoms with Gasteiger partial charge in [-0.25, -0.2) is 0 Å². The fourth-order valence-corrected chi connectivity index (χ4v) is 1.62. The largest absolute Gasteiger partial charge is 0.508 e. The molecule has 1 aliphatic heterocycles. The van der Waals surface area contributed by atoms with Gasteiger partial charge in [0.25, 0.3) is 0 Å². The van der Waals surface area contributed by atoms with E-state index in [4.69, 9.17) is 4.74 Å². The van der Waals surface area contributed by atoms with Crippen LogP contribution in [0.5, 0.6) is 0 Å². The van der Waals surface area contributed by atoms with Crippen molar-refractivity contribution in [2.45, 2.75) is 18.6 Å². The molecule has 0 bridgehead atoms. The molecule has 1 unspecified atom stereocenters. The lowest BCUT2D eigenvalue weighted by Gasteiger charge is -2.26. The maximum atomic E-state index is 11.5. The average molecular weight is 211 g/mol. The van der Waals surface area contributed by atoms with Gasteiger partial charge in [-0.05, 0) is 6.08 Å². The van der Waals surface area contributed by atoms with Crippen LogP contribution in [0.15, 0.2) is 28.3 Å². The standard InChI is InChI=1S/C9H9NO5/c11-5-1-4(10-14)2-7-8(5)9(13)6(12)3-15-7/h2,4,6,12-13H,1,3H2/t4?,6-/m0/s1. The second-order valence-electron chi connectivity index (χ2n) is 3.42. The van der Waals surface area contributed by atoms with E-state index in [0.717, 1.165) is 0 Å². The number of nitroso groups, excluding NO2 is 1. The summed E-state index contributed by atoms with van der Waals surface area (Å²) >= 11 is 0. The summed E-state index contributed by atoms with van der Waals surface area (Å²) in [5, 5.41) is 21.5. The Bertz CT molecular complexity index is 384. The lowest BCUT2D eigenvalue weighted by atomic mass is 9.92. The van der Waals surface area contributed by atoms with E-state index in [1.165, 1.54) is 6.08 Å². The molecule has 2 N–H and O–H groups in total. The van der Waals surface area contributed by atoms with Crippen LogP contribution in [0, 0.1) is 4.91 Å². The summed E-state index contributed by atoms with van der Waals surface area (Å²) in [5.74, 6) is -0.686. The molecule has 15 heavy (non-hydrogen) atoms. The Kier molecular flexibility index (Phi) is 2.28. The predicted octanol–water partition coefficient (Wildman–Crippen LogP) is 0.181. The number of aliphatic hydroxyl groups is 2. The molecule has 0 aromatic heterocycles. The van der Waals surface area contributed by atoms with Gasteiger partial charge in [0.1, 0.15) is 30.3 Å². The van der Waals surface area contributed by atoms with Crippen LogP contribution in [0.1, 0.15) is 6.42 Å². The molecule has 6 nitrogen and oxygen atoms in total. The van der Waals surface area contributed by atoms with Gasteiger partial charge in [-0.3, -0.25) is 4.79 Å². The van der Waals surface area contributed by atoms with Gasteiger partial charge in [0, 0.05) is 6.42 Å². The highest BCUT2D eigenvalue weighted by Crippen LogP contribution is 2.30. The van der Waals surface area contributed by atoms with Crippen molar-refractivity contribution in [2.75, 3.05) is 6.61 Å². The quantitative estimate of drug-likeness (QED) is 0.603. The molecule has 1 aliphatic carbocycles. The summed E-state index contributed by atoms with van der Waals surface area (Å²) in [7, 11) is 0. The van der Waals surface area contributed by atoms with Crippen LogP contribution in [0.25, 0.3) is 0 Å². The monoisotopic (exact) mass is 211 g/mol. The Balaban J connectivity index is 2.47. The lowest BCUT2D eigenvalue weighted by molar-refractivity contribution is -0.117. The van der Waals surface area contributed by atoms with Gasteiger partial charge in [0.15, 0.2) is 5.78 Å². The molecule has 0 saturated carbocycles. The SMILES string of the molecule is O=NC1C=C2OC[C@H](O)C(O)=C2C(=O)C1. The van der Waals surface area contributed by atoms with Crippen molar-refractivity contribution in [3.63, 3.8) is 0 Å². The number of rotatable bonds is 1. The highest BCUT2D eigenvalue weighted by atomic mass is 16.5. The Hall–Kier alpha value is -1.69. The number of carbonyl (C=O) groups is 1. The van der Waals surface area contributed by atoms with E-state index in [9.17, 15) is 19.9 Å². The molecule has 2 rings (SSSR count). The number of nitrogens with zero attached hydrogens (tertiary/aromatic N) is 1. The molecular formula is C9H9NO5. The minimum atomic E-state index is -1.18. The van der Waals surface area contributed by atoms with E-state index in [1.54, 1.807) is 0 Å². The van der Waals surface area contributed by atoms with Crippen molar-refractivity contribution in [3.8, 4) is 0 Å². The van der Waals surface area contributed by atoms with Crippen molar-refractivity contribution < 1.29 is 19.7 Å². The summed E-state index contributed by atoms with van der Waals surface area (Å²) in [6.45, 7) is -0.125. The number of ketones is 1. The Labute approximate surface area is 84.8 Å². The van der Waals surface area contributed by atoms with Crippen molar-refractivity contribution in [2.24, 2.45) is 5.18 Å². The van der Waals surface area contributed by atoms with Crippen LogP contribution in [0.4, 0.5) is 0 Å². The molecule has 0 spiro atoms. The van der Waals surface area contributed by atoms with Gasteiger partial charge < -0.3 is 14.9 Å². The fraction of sp³-hybridized carbons (Fsp3) is 0.444. The molecule has 0 fully saturated rings. The second kappa shape index (κ2) is 3.47. The third-order valence-electron chi connectivity index (χ3n) is 2.37. The van der Waals surface area contributed by atoms with Crippen molar-refractivity contribution >= 4 is 5.78 Å². The van der Waals surface area contributed by atoms with Crippen molar-refractivity contribution in [1.82, 2.24) is 0 Å². The van der Waals surface area contributed by atoms with E-state index in [1.807, 2.05) is 0 Å². The van der Waals surface area contributed by atoms with E-state index in [2.05, 4.69) is 5.18 Å². The van der Waals surface area contributed by atoms with Gasteiger partial charge in [0.05, 0.1) is 5.57 Å². The first kappa shape index (κ1) is 9.85. The molecule has 1 heterocycles. The average Bonchev–Trinajstić information content (AvgIpc) is 2.23. The number of hydrogen-bond acceptors (Lipinski definition) is 6. The van der Waals surface area contributed by atoms with Crippen LogP contribution in [-0.4, -0.2) is 34.7 Å². The summed E-state index contributed by atoms with van der Waals surface area (Å²) in [5.41, 5.74) is -0.0337. The topological polar surface area (TPSA) is 96.2 Å². The normalized spacial score (nSPS) is 30.5. The number of fused-ring (bicyclic) bond motifs is 1. The molecule has 0 amide bonds. The predicted molar refractivity (Wildman–Crippen MR) is 48.9 cm³/mol. The highest BCUT2D eigenvalue weighted by molar-refractivity contribution is 6.01. The van der Waals surface area contributed by atoms with Gasteiger partial charge in [-0.15, -0.1) is 0 Å². The first-order chi connectivity index (χ1) is 7.13. The summed E-state index contributed by atoms with van der Waals surface area (Å²) in [6.07, 6.45) is 0.107. The van der Waals surface area contributed by atoms with E-state index in [-0.39, 0.29) is 30.1 Å².